The molecule has 3 rings (SSSR count). The van der Waals surface area contributed by atoms with Gasteiger partial charge in [0, 0.05) is 0 Å². The van der Waals surface area contributed by atoms with Gasteiger partial charge < -0.3 is 5.11 Å². The van der Waals surface area contributed by atoms with Crippen molar-refractivity contribution in [2.45, 2.75) is 78.6 Å². The van der Waals surface area contributed by atoms with Gasteiger partial charge in [-0.1, -0.05) is 67.5 Å². The molecule has 28 heavy (non-hydrogen) atoms. The number of hydrogen-bond donors (Lipinski definition) is 1. The normalized spacial score (nSPS) is 13.9. The molecule has 1 N–H and O–H groups in total. The van der Waals surface area contributed by atoms with Crippen molar-refractivity contribution in [3.05, 3.63) is 47.0 Å². The third-order valence-electron chi connectivity index (χ3n) is 5.59. The maximum atomic E-state index is 11.0. The van der Waals surface area contributed by atoms with Gasteiger partial charge in [0.15, 0.2) is 0 Å². The first-order valence-electron chi connectivity index (χ1n) is 10.2. The lowest BCUT2D eigenvalue weighted by Gasteiger charge is -2.23. The van der Waals surface area contributed by atoms with Crippen LogP contribution in [0.4, 0.5) is 0 Å². The van der Waals surface area contributed by atoms with Crippen molar-refractivity contribution in [3.8, 4) is 11.4 Å². The Labute approximate surface area is 168 Å². The van der Waals surface area contributed by atoms with E-state index in [-0.39, 0.29) is 22.5 Å². The van der Waals surface area contributed by atoms with E-state index in [1.54, 1.807) is 4.80 Å². The largest absolute Gasteiger partial charge is 0.505 e. The summed E-state index contributed by atoms with van der Waals surface area (Å²) < 4.78 is 0. The zero-order chi connectivity index (χ0) is 20.9. The second-order valence-corrected chi connectivity index (χ2v) is 9.94. The van der Waals surface area contributed by atoms with E-state index in [4.69, 9.17) is 5.10 Å². The van der Waals surface area contributed by atoms with E-state index in [0.717, 1.165) is 23.0 Å². The summed E-state index contributed by atoms with van der Waals surface area (Å²) in [6.07, 6.45) is 0.962. The predicted octanol–water partition coefficient (Wildman–Crippen LogP) is 6.23. The van der Waals surface area contributed by atoms with Gasteiger partial charge in [-0.25, -0.2) is 0 Å². The third kappa shape index (κ3) is 3.78. The molecule has 1 heterocycles. The maximum absolute atomic E-state index is 11.0. The van der Waals surface area contributed by atoms with Crippen molar-refractivity contribution < 1.29 is 5.11 Å². The number of phenolic OH excluding ortho intramolecular Hbond substituents is 1. The van der Waals surface area contributed by atoms with Gasteiger partial charge in [-0.2, -0.15) is 0 Å². The summed E-state index contributed by atoms with van der Waals surface area (Å²) in [5, 5.41) is 20.4. The van der Waals surface area contributed by atoms with Crippen LogP contribution in [0.15, 0.2) is 30.3 Å². The monoisotopic (exact) mass is 379 g/mol. The Kier molecular flexibility index (Phi) is 5.03. The summed E-state index contributed by atoms with van der Waals surface area (Å²) in [6, 6.07) is 10.4. The molecule has 4 heteroatoms. The average molecular weight is 380 g/mol. The fraction of sp³-hybridized carbons (Fsp3) is 0.500. The van der Waals surface area contributed by atoms with Gasteiger partial charge in [-0.05, 0) is 58.1 Å². The molecule has 1 aromatic heterocycles. The van der Waals surface area contributed by atoms with Gasteiger partial charge in [-0.15, -0.1) is 15.0 Å². The second-order valence-electron chi connectivity index (χ2n) is 9.94. The molecular formula is C24H33N3O. The van der Waals surface area contributed by atoms with E-state index in [0.29, 0.717) is 5.69 Å². The number of fused-ring (bicyclic) bond motifs is 1. The Balaban J connectivity index is 2.22. The minimum Gasteiger partial charge on any atom is -0.505 e. The number of phenols is 1. The Hall–Kier alpha value is -2.36. The number of rotatable bonds is 3. The smallest absolute Gasteiger partial charge is 0.146 e. The Morgan fingerprint density at radius 3 is 2.07 bits per heavy atom. The molecule has 0 amide bonds. The van der Waals surface area contributed by atoms with Crippen molar-refractivity contribution in [1.82, 2.24) is 15.0 Å². The zero-order valence-electron chi connectivity index (χ0n) is 18.5. The van der Waals surface area contributed by atoms with Crippen LogP contribution in [-0.4, -0.2) is 20.1 Å². The van der Waals surface area contributed by atoms with Gasteiger partial charge in [0.2, 0.25) is 0 Å². The van der Waals surface area contributed by atoms with Crippen LogP contribution in [0.5, 0.6) is 5.75 Å². The standard InChI is InChI=1S/C24H33N3O/c1-9-15(2)18-12-17(24(6,7)8)14-21(22(18)28)27-25-19-11-10-16(23(3,4)5)13-20(19)26-27/h10-15,28H,9H2,1-8H3. The van der Waals surface area contributed by atoms with Gasteiger partial charge in [0.05, 0.1) is 0 Å². The molecule has 0 bridgehead atoms. The van der Waals surface area contributed by atoms with Crippen molar-refractivity contribution in [2.24, 2.45) is 0 Å². The second kappa shape index (κ2) is 6.91. The van der Waals surface area contributed by atoms with Crippen LogP contribution in [0.1, 0.15) is 84.4 Å². The van der Waals surface area contributed by atoms with E-state index in [1.165, 1.54) is 11.1 Å². The fourth-order valence-electron chi connectivity index (χ4n) is 3.31. The molecule has 0 saturated carbocycles. The molecule has 0 saturated heterocycles. The van der Waals surface area contributed by atoms with E-state index in [1.807, 2.05) is 12.1 Å². The summed E-state index contributed by atoms with van der Waals surface area (Å²) in [5.74, 6) is 0.539. The van der Waals surface area contributed by atoms with E-state index in [2.05, 4.69) is 78.7 Å². The van der Waals surface area contributed by atoms with Crippen LogP contribution in [0.25, 0.3) is 16.7 Å². The van der Waals surface area contributed by atoms with E-state index >= 15 is 0 Å². The first-order chi connectivity index (χ1) is 12.9. The fourth-order valence-corrected chi connectivity index (χ4v) is 3.31. The molecule has 1 atom stereocenters. The molecule has 0 fully saturated rings. The molecule has 3 aromatic rings. The average Bonchev–Trinajstić information content (AvgIpc) is 3.02. The van der Waals surface area contributed by atoms with Crippen LogP contribution in [-0.2, 0) is 10.8 Å². The van der Waals surface area contributed by atoms with Crippen molar-refractivity contribution in [1.29, 1.82) is 0 Å². The number of nitrogens with zero attached hydrogens (tertiary/aromatic N) is 3. The molecule has 150 valence electrons. The number of aromatic nitrogens is 3. The summed E-state index contributed by atoms with van der Waals surface area (Å²) in [4.78, 5) is 1.59. The van der Waals surface area contributed by atoms with Crippen LogP contribution < -0.4 is 0 Å². The van der Waals surface area contributed by atoms with Crippen LogP contribution in [0.3, 0.4) is 0 Å². The van der Waals surface area contributed by atoms with Gasteiger partial charge in [0.1, 0.15) is 22.5 Å². The molecule has 2 aromatic carbocycles. The molecule has 0 aliphatic rings. The molecule has 0 aliphatic carbocycles. The van der Waals surface area contributed by atoms with Crippen molar-refractivity contribution in [2.75, 3.05) is 0 Å². The number of hydrogen-bond acceptors (Lipinski definition) is 3. The molecule has 0 spiro atoms. The first-order valence-corrected chi connectivity index (χ1v) is 10.2. The highest BCUT2D eigenvalue weighted by Crippen LogP contribution is 2.38. The number of aromatic hydroxyl groups is 1. The first kappa shape index (κ1) is 20.4. The van der Waals surface area contributed by atoms with E-state index in [9.17, 15) is 5.11 Å². The molecule has 0 radical (unpaired) electrons. The molecular weight excluding hydrogens is 346 g/mol. The minimum atomic E-state index is -0.0311. The highest BCUT2D eigenvalue weighted by atomic mass is 16.3. The minimum absolute atomic E-state index is 0.0311. The lowest BCUT2D eigenvalue weighted by Crippen LogP contribution is -2.14. The summed E-state index contributed by atoms with van der Waals surface area (Å²) in [6.45, 7) is 17.4. The van der Waals surface area contributed by atoms with Crippen molar-refractivity contribution in [3.63, 3.8) is 0 Å². The van der Waals surface area contributed by atoms with Gasteiger partial charge >= 0.3 is 0 Å². The summed E-state index contributed by atoms with van der Waals surface area (Å²) in [5.41, 5.74) is 5.70. The highest BCUT2D eigenvalue weighted by Gasteiger charge is 2.23. The number of benzene rings is 2. The quantitative estimate of drug-likeness (QED) is 0.586. The Morgan fingerprint density at radius 1 is 0.893 bits per heavy atom. The summed E-state index contributed by atoms with van der Waals surface area (Å²) in [7, 11) is 0. The van der Waals surface area contributed by atoms with Crippen LogP contribution in [0.2, 0.25) is 0 Å². The SMILES string of the molecule is CCC(C)c1cc(C(C)(C)C)cc(-n2nc3ccc(C(C)(C)C)cc3n2)c1O. The lowest BCUT2D eigenvalue weighted by atomic mass is 9.83. The lowest BCUT2D eigenvalue weighted by molar-refractivity contribution is 0.452. The highest BCUT2D eigenvalue weighted by molar-refractivity contribution is 5.75. The van der Waals surface area contributed by atoms with Crippen molar-refractivity contribution >= 4 is 11.0 Å². The van der Waals surface area contributed by atoms with E-state index < -0.39 is 0 Å². The summed E-state index contributed by atoms with van der Waals surface area (Å²) >= 11 is 0. The topological polar surface area (TPSA) is 50.9 Å². The third-order valence-corrected chi connectivity index (χ3v) is 5.59. The Morgan fingerprint density at radius 2 is 1.50 bits per heavy atom. The predicted molar refractivity (Wildman–Crippen MR) is 117 cm³/mol. The van der Waals surface area contributed by atoms with Crippen LogP contribution >= 0.6 is 0 Å². The zero-order valence-corrected chi connectivity index (χ0v) is 18.5. The molecule has 1 unspecified atom stereocenters. The molecule has 4 nitrogen and oxygen atoms in total. The molecule has 0 aliphatic heterocycles. The van der Waals surface area contributed by atoms with Gasteiger partial charge in [-0.3, -0.25) is 0 Å². The van der Waals surface area contributed by atoms with Gasteiger partial charge in [0.25, 0.3) is 0 Å². The van der Waals surface area contributed by atoms with Crippen LogP contribution in [0, 0.1) is 0 Å². The maximum Gasteiger partial charge on any atom is 0.146 e. The Bertz CT molecular complexity index is 1000.